The summed E-state index contributed by atoms with van der Waals surface area (Å²) < 4.78 is 30.2. The molecule has 1 amide bonds. The predicted molar refractivity (Wildman–Crippen MR) is 92.0 cm³/mol. The summed E-state index contributed by atoms with van der Waals surface area (Å²) in [5, 5.41) is 2.95. The molecule has 3 fully saturated rings. The first-order valence-corrected chi connectivity index (χ1v) is 9.25. The monoisotopic (exact) mass is 365 g/mol. The van der Waals surface area contributed by atoms with E-state index in [0.29, 0.717) is 19.4 Å². The lowest BCUT2D eigenvalue weighted by molar-refractivity contribution is -0.234. The molecule has 0 bridgehead atoms. The van der Waals surface area contributed by atoms with Gasteiger partial charge in [0.25, 0.3) is 0 Å². The van der Waals surface area contributed by atoms with E-state index in [1.807, 2.05) is 45.9 Å². The number of ether oxygens (including phenoxy) is 5. The van der Waals surface area contributed by atoms with Gasteiger partial charge < -0.3 is 29.0 Å². The molecule has 0 aromatic heterocycles. The summed E-state index contributed by atoms with van der Waals surface area (Å²) in [5.74, 6) is -1.46. The highest BCUT2D eigenvalue weighted by Crippen LogP contribution is 2.44. The summed E-state index contributed by atoms with van der Waals surface area (Å²) in [6, 6.07) is 0. The van der Waals surface area contributed by atoms with Crippen molar-refractivity contribution in [2.75, 3.05) is 6.54 Å². The van der Waals surface area contributed by atoms with Gasteiger partial charge in [0, 0.05) is 12.1 Å². The Morgan fingerprint density at radius 3 is 2.50 bits per heavy atom. The van der Waals surface area contributed by atoms with Crippen LogP contribution in [0.4, 0.5) is 0 Å². The molecule has 0 aromatic carbocycles. The Balaban J connectivity index is 1.40. The van der Waals surface area contributed by atoms with Gasteiger partial charge in [-0.2, -0.15) is 0 Å². The minimum atomic E-state index is -0.721. The second-order valence-electron chi connectivity index (χ2n) is 8.08. The van der Waals surface area contributed by atoms with Crippen LogP contribution in [0.5, 0.6) is 0 Å². The minimum Gasteiger partial charge on any atom is -0.352 e. The molecule has 4 aliphatic rings. The van der Waals surface area contributed by atoms with Crippen LogP contribution in [0.2, 0.25) is 0 Å². The van der Waals surface area contributed by atoms with E-state index in [2.05, 4.69) is 5.32 Å². The van der Waals surface area contributed by atoms with Crippen LogP contribution in [-0.4, -0.2) is 54.7 Å². The van der Waals surface area contributed by atoms with Crippen LogP contribution in [0.25, 0.3) is 0 Å². The van der Waals surface area contributed by atoms with Crippen molar-refractivity contribution in [3.8, 4) is 0 Å². The molecular weight excluding hydrogens is 338 g/mol. The molecule has 0 spiro atoms. The smallest absolute Gasteiger partial charge is 0.247 e. The molecule has 0 radical (unpaired) electrons. The summed E-state index contributed by atoms with van der Waals surface area (Å²) in [7, 11) is 0. The van der Waals surface area contributed by atoms with Crippen molar-refractivity contribution in [1.82, 2.24) is 5.32 Å². The third-order valence-electron chi connectivity index (χ3n) is 5.03. The third kappa shape index (κ3) is 3.46. The van der Waals surface area contributed by atoms with Crippen molar-refractivity contribution in [3.05, 3.63) is 23.8 Å². The summed E-state index contributed by atoms with van der Waals surface area (Å²) in [6.07, 6.45) is 5.44. The number of fused-ring (bicyclic) bond motifs is 3. The predicted octanol–water partition coefficient (Wildman–Crippen LogP) is 1.78. The molecule has 0 saturated carbocycles. The minimum absolute atomic E-state index is 0.0364. The molecule has 5 atom stereocenters. The van der Waals surface area contributed by atoms with Crippen LogP contribution in [0.15, 0.2) is 23.8 Å². The Bertz CT molecular complexity index is 640. The standard InChI is InChI=1S/C19H27NO6/c1-18(2)23-13-12(9-10-20-16(21)11-7-5-6-8-11)22-17-15(14(13)24-18)25-19(3,4)26-17/h5-7,12-15,17H,8-10H2,1-4H3,(H,20,21)/t12-,13+,14+,15-,17-/m1/s1. The molecule has 7 nitrogen and oxygen atoms in total. The zero-order valence-corrected chi connectivity index (χ0v) is 15.7. The van der Waals surface area contributed by atoms with Crippen LogP contribution in [0.1, 0.15) is 40.5 Å². The zero-order chi connectivity index (χ0) is 18.5. The fourth-order valence-electron chi connectivity index (χ4n) is 3.98. The van der Waals surface area contributed by atoms with E-state index in [1.165, 1.54) is 0 Å². The lowest BCUT2D eigenvalue weighted by Gasteiger charge is -2.37. The van der Waals surface area contributed by atoms with Crippen LogP contribution in [-0.2, 0) is 28.5 Å². The van der Waals surface area contributed by atoms with E-state index in [0.717, 1.165) is 5.57 Å². The highest BCUT2D eigenvalue weighted by molar-refractivity contribution is 5.94. The first-order chi connectivity index (χ1) is 12.2. The highest BCUT2D eigenvalue weighted by atomic mass is 16.9. The third-order valence-corrected chi connectivity index (χ3v) is 5.03. The van der Waals surface area contributed by atoms with Crippen LogP contribution < -0.4 is 5.32 Å². The van der Waals surface area contributed by atoms with Gasteiger partial charge in [0.15, 0.2) is 17.9 Å². The molecule has 1 aliphatic carbocycles. The van der Waals surface area contributed by atoms with E-state index in [1.54, 1.807) is 0 Å². The van der Waals surface area contributed by atoms with Gasteiger partial charge in [-0.25, -0.2) is 0 Å². The Morgan fingerprint density at radius 2 is 1.77 bits per heavy atom. The average Bonchev–Trinajstić information content (AvgIpc) is 3.22. The molecular formula is C19H27NO6. The highest BCUT2D eigenvalue weighted by Gasteiger charge is 2.60. The van der Waals surface area contributed by atoms with Crippen molar-refractivity contribution in [2.24, 2.45) is 0 Å². The Labute approximate surface area is 153 Å². The van der Waals surface area contributed by atoms with Crippen molar-refractivity contribution in [3.63, 3.8) is 0 Å². The van der Waals surface area contributed by atoms with Gasteiger partial charge >= 0.3 is 0 Å². The van der Waals surface area contributed by atoms with Gasteiger partial charge in [0.2, 0.25) is 5.91 Å². The molecule has 3 aliphatic heterocycles. The number of rotatable bonds is 4. The fraction of sp³-hybridized carbons (Fsp3) is 0.737. The molecule has 4 rings (SSSR count). The Morgan fingerprint density at radius 1 is 1.08 bits per heavy atom. The van der Waals surface area contributed by atoms with Gasteiger partial charge in [0.1, 0.15) is 18.3 Å². The van der Waals surface area contributed by atoms with Crippen LogP contribution in [0.3, 0.4) is 0 Å². The number of allylic oxidation sites excluding steroid dienone is 3. The van der Waals surface area contributed by atoms with Crippen molar-refractivity contribution in [2.45, 2.75) is 82.8 Å². The Kier molecular flexibility index (Phi) is 4.48. The van der Waals surface area contributed by atoms with E-state index < -0.39 is 17.9 Å². The normalized spacial score (nSPS) is 39.4. The van der Waals surface area contributed by atoms with Gasteiger partial charge in [-0.05, 0) is 40.5 Å². The van der Waals surface area contributed by atoms with E-state index in [4.69, 9.17) is 23.7 Å². The summed E-state index contributed by atoms with van der Waals surface area (Å²) >= 11 is 0. The van der Waals surface area contributed by atoms with Crippen LogP contribution >= 0.6 is 0 Å². The number of amides is 1. The zero-order valence-electron chi connectivity index (χ0n) is 15.7. The molecule has 7 heteroatoms. The number of hydrogen-bond acceptors (Lipinski definition) is 6. The van der Waals surface area contributed by atoms with E-state index in [9.17, 15) is 4.79 Å². The van der Waals surface area contributed by atoms with Crippen molar-refractivity contribution in [1.29, 1.82) is 0 Å². The topological polar surface area (TPSA) is 75.3 Å². The summed E-state index contributed by atoms with van der Waals surface area (Å²) in [4.78, 5) is 12.1. The molecule has 1 N–H and O–H groups in total. The summed E-state index contributed by atoms with van der Waals surface area (Å²) in [5.41, 5.74) is 0.781. The van der Waals surface area contributed by atoms with Crippen molar-refractivity contribution >= 4 is 5.91 Å². The Hall–Kier alpha value is -1.25. The van der Waals surface area contributed by atoms with Crippen molar-refractivity contribution < 1.29 is 28.5 Å². The number of carbonyl (C=O) groups excluding carboxylic acids is 1. The quantitative estimate of drug-likeness (QED) is 0.818. The maximum absolute atomic E-state index is 12.1. The molecule has 26 heavy (non-hydrogen) atoms. The SMILES string of the molecule is CC1(C)O[C@H]2[C@@H](O1)[C@@H](CCNC(=O)C1=CC=CC1)O[C@@H]1OC(C)(C)O[C@@H]12. The first kappa shape index (κ1) is 18.1. The lowest BCUT2D eigenvalue weighted by Crippen LogP contribution is -2.55. The molecule has 3 heterocycles. The van der Waals surface area contributed by atoms with Gasteiger partial charge in [0.05, 0.1) is 6.10 Å². The second kappa shape index (κ2) is 6.42. The second-order valence-corrected chi connectivity index (χ2v) is 8.08. The van der Waals surface area contributed by atoms with Gasteiger partial charge in [-0.1, -0.05) is 18.2 Å². The average molecular weight is 365 g/mol. The first-order valence-electron chi connectivity index (χ1n) is 9.25. The molecule has 144 valence electrons. The molecule has 0 unspecified atom stereocenters. The lowest BCUT2D eigenvalue weighted by atomic mass is 9.97. The summed E-state index contributed by atoms with van der Waals surface area (Å²) in [6.45, 7) is 8.00. The number of nitrogens with one attached hydrogen (secondary N) is 1. The molecule has 3 saturated heterocycles. The fourth-order valence-corrected chi connectivity index (χ4v) is 3.98. The largest absolute Gasteiger partial charge is 0.352 e. The number of hydrogen-bond donors (Lipinski definition) is 1. The van der Waals surface area contributed by atoms with Gasteiger partial charge in [-0.15, -0.1) is 0 Å². The van der Waals surface area contributed by atoms with Crippen LogP contribution in [0, 0.1) is 0 Å². The maximum atomic E-state index is 12.1. The van der Waals surface area contributed by atoms with E-state index in [-0.39, 0.29) is 30.3 Å². The van der Waals surface area contributed by atoms with Gasteiger partial charge in [-0.3, -0.25) is 4.79 Å². The molecule has 0 aromatic rings. The maximum Gasteiger partial charge on any atom is 0.247 e. The van der Waals surface area contributed by atoms with E-state index >= 15 is 0 Å². The number of carbonyl (C=O) groups is 1.